The Labute approximate surface area is 281 Å². The van der Waals surface area contributed by atoms with Crippen molar-refractivity contribution in [2.24, 2.45) is 0 Å². The number of likely N-dealkylation sites (N-methyl/N-ethyl adjacent to an activating group) is 1. The molecule has 0 spiro atoms. The van der Waals surface area contributed by atoms with Gasteiger partial charge < -0.3 is 9.64 Å². The van der Waals surface area contributed by atoms with Crippen molar-refractivity contribution in [1.82, 2.24) is 9.80 Å². The van der Waals surface area contributed by atoms with E-state index in [1.54, 1.807) is 0 Å². The molecule has 5 rings (SSSR count). The standard InChI is InChI=1S/C21H28N2O.C10H8.3C2H6.Ar/c1-2-22-13-15-23(16-14-22)17-18-24-21(19-9-5-3-6-10-19)20-11-7-4-8-12-20;1-2-6-10-8-4-3-7-9(10)5-1;3*1-2;/h3-12,21H,2,13-18H2,1H3;1-8H;3*1-2H3;. The Balaban J connectivity index is 0.000000784. The molecule has 1 fully saturated rings. The van der Waals surface area contributed by atoms with E-state index >= 15 is 0 Å². The van der Waals surface area contributed by atoms with Crippen LogP contribution in [0.5, 0.6) is 0 Å². The molecule has 0 saturated carbocycles. The summed E-state index contributed by atoms with van der Waals surface area (Å²) in [6.07, 6.45) is 0.0179. The summed E-state index contributed by atoms with van der Waals surface area (Å²) in [5.74, 6) is 0. The zero-order valence-electron chi connectivity index (χ0n) is 26.6. The summed E-state index contributed by atoms with van der Waals surface area (Å²) in [5, 5.41) is 2.62. The fourth-order valence-corrected chi connectivity index (χ4v) is 4.40. The summed E-state index contributed by atoms with van der Waals surface area (Å²) in [7, 11) is 0. The molecule has 4 heteroatoms. The third kappa shape index (κ3) is 14.8. The molecule has 226 valence electrons. The van der Waals surface area contributed by atoms with Crippen LogP contribution in [0.2, 0.25) is 0 Å². The molecule has 3 nitrogen and oxygen atoms in total. The molecule has 4 aromatic carbocycles. The predicted octanol–water partition coefficient (Wildman–Crippen LogP) is 9.35. The molecule has 1 aliphatic rings. The molecule has 1 heterocycles. The molecule has 0 amide bonds. The van der Waals surface area contributed by atoms with Gasteiger partial charge in [0.15, 0.2) is 0 Å². The molecule has 0 aromatic heterocycles. The number of ether oxygens (including phenoxy) is 1. The first kappa shape index (κ1) is 39.3. The minimum atomic E-state index is 0. The minimum Gasteiger partial charge on any atom is -0.367 e. The van der Waals surface area contributed by atoms with Gasteiger partial charge in [-0.05, 0) is 28.4 Å². The maximum atomic E-state index is 6.31. The average molecular weight is 583 g/mol. The van der Waals surface area contributed by atoms with Gasteiger partial charge in [0.25, 0.3) is 0 Å². The molecule has 4 aromatic rings. The molecule has 1 saturated heterocycles. The summed E-state index contributed by atoms with van der Waals surface area (Å²) in [6.45, 7) is 21.8. The van der Waals surface area contributed by atoms with Gasteiger partial charge >= 0.3 is 0 Å². The monoisotopic (exact) mass is 582 g/mol. The molecule has 1 aliphatic heterocycles. The number of benzene rings is 4. The van der Waals surface area contributed by atoms with E-state index in [0.717, 1.165) is 32.8 Å². The molecule has 41 heavy (non-hydrogen) atoms. The van der Waals surface area contributed by atoms with Crippen LogP contribution in [0.4, 0.5) is 0 Å². The molecule has 0 aliphatic carbocycles. The molecule has 0 radical (unpaired) electrons. The van der Waals surface area contributed by atoms with Crippen molar-refractivity contribution in [3.8, 4) is 0 Å². The normalized spacial score (nSPS) is 12.6. The topological polar surface area (TPSA) is 15.7 Å². The zero-order valence-corrected chi connectivity index (χ0v) is 27.3. The van der Waals surface area contributed by atoms with E-state index in [9.17, 15) is 0 Å². The first-order valence-corrected chi connectivity index (χ1v) is 15.4. The van der Waals surface area contributed by atoms with E-state index in [0.29, 0.717) is 0 Å². The van der Waals surface area contributed by atoms with E-state index in [2.05, 4.69) is 126 Å². The Morgan fingerprint density at radius 2 is 0.878 bits per heavy atom. The Hall–Kier alpha value is -1.72. The Kier molecular flexibility index (Phi) is 24.9. The summed E-state index contributed by atoms with van der Waals surface area (Å²) in [6, 6.07) is 37.8. The number of piperazine rings is 1. The van der Waals surface area contributed by atoms with Gasteiger partial charge in [-0.1, -0.05) is 158 Å². The largest absolute Gasteiger partial charge is 0.367 e. The molecular formula is C37H54ArN2O. The van der Waals surface area contributed by atoms with Gasteiger partial charge in [-0.2, -0.15) is 0 Å². The average Bonchev–Trinajstić information content (AvgIpc) is 3.07. The van der Waals surface area contributed by atoms with Crippen molar-refractivity contribution >= 4 is 10.8 Å². The van der Waals surface area contributed by atoms with Crippen molar-refractivity contribution < 1.29 is 42.5 Å². The quantitative estimate of drug-likeness (QED) is 0.216. The molecule has 0 unspecified atom stereocenters. The number of hydrogen-bond acceptors (Lipinski definition) is 3. The Bertz CT molecular complexity index is 994. The fourth-order valence-electron chi connectivity index (χ4n) is 4.40. The van der Waals surface area contributed by atoms with Crippen LogP contribution in [0.15, 0.2) is 109 Å². The van der Waals surface area contributed by atoms with Gasteiger partial charge in [-0.15, -0.1) is 0 Å². The third-order valence-corrected chi connectivity index (χ3v) is 6.47. The van der Waals surface area contributed by atoms with Gasteiger partial charge in [-0.25, -0.2) is 0 Å². The predicted molar refractivity (Wildman–Crippen MR) is 177 cm³/mol. The second-order valence-corrected chi connectivity index (χ2v) is 8.70. The van der Waals surface area contributed by atoms with Gasteiger partial charge in [0.2, 0.25) is 0 Å². The maximum absolute atomic E-state index is 6.31. The van der Waals surface area contributed by atoms with Gasteiger partial charge in [-0.3, -0.25) is 4.90 Å². The van der Waals surface area contributed by atoms with Crippen LogP contribution >= 0.6 is 0 Å². The minimum absolute atomic E-state index is 0. The third-order valence-electron chi connectivity index (χ3n) is 6.47. The second-order valence-electron chi connectivity index (χ2n) is 8.70. The number of nitrogens with zero attached hydrogens (tertiary/aromatic N) is 2. The van der Waals surface area contributed by atoms with Crippen molar-refractivity contribution in [2.75, 3.05) is 45.9 Å². The van der Waals surface area contributed by atoms with Crippen LogP contribution < -0.4 is 0 Å². The zero-order chi connectivity index (χ0) is 29.4. The van der Waals surface area contributed by atoms with Gasteiger partial charge in [0, 0.05) is 70.5 Å². The van der Waals surface area contributed by atoms with Crippen LogP contribution in [0.1, 0.15) is 65.7 Å². The maximum Gasteiger partial charge on any atom is 0.108 e. The Morgan fingerprint density at radius 1 is 0.537 bits per heavy atom. The van der Waals surface area contributed by atoms with E-state index < -0.39 is 0 Å². The summed E-state index contributed by atoms with van der Waals surface area (Å²) in [5.41, 5.74) is 2.44. The number of rotatable bonds is 7. The van der Waals surface area contributed by atoms with Crippen molar-refractivity contribution in [3.63, 3.8) is 0 Å². The van der Waals surface area contributed by atoms with Gasteiger partial charge in [0.05, 0.1) is 6.61 Å². The van der Waals surface area contributed by atoms with Crippen LogP contribution in [0.3, 0.4) is 0 Å². The second kappa shape index (κ2) is 25.9. The van der Waals surface area contributed by atoms with E-state index in [-0.39, 0.29) is 43.8 Å². The van der Waals surface area contributed by atoms with Crippen molar-refractivity contribution in [2.45, 2.75) is 54.6 Å². The summed E-state index contributed by atoms with van der Waals surface area (Å²) >= 11 is 0. The Morgan fingerprint density at radius 3 is 1.24 bits per heavy atom. The first-order valence-electron chi connectivity index (χ1n) is 15.4. The van der Waals surface area contributed by atoms with Gasteiger partial charge in [0.1, 0.15) is 6.10 Å². The number of hydrogen-bond donors (Lipinski definition) is 0. The van der Waals surface area contributed by atoms with E-state index in [1.807, 2.05) is 41.5 Å². The van der Waals surface area contributed by atoms with Crippen LogP contribution in [-0.2, 0) is 4.74 Å². The smallest absolute Gasteiger partial charge is 0.108 e. The fraction of sp³-hybridized carbons (Fsp3) is 0.405. The molecule has 0 atom stereocenters. The van der Waals surface area contributed by atoms with Crippen LogP contribution in [0, 0.1) is 37.7 Å². The van der Waals surface area contributed by atoms with E-state index in [1.165, 1.54) is 35.0 Å². The molecule has 0 bridgehead atoms. The van der Waals surface area contributed by atoms with Crippen LogP contribution in [0.25, 0.3) is 10.8 Å². The molecule has 0 N–H and O–H groups in total. The van der Waals surface area contributed by atoms with Crippen LogP contribution in [-0.4, -0.2) is 55.7 Å². The number of fused-ring (bicyclic) bond motifs is 1. The first-order chi connectivity index (χ1) is 19.8. The SMILES string of the molecule is CC.CC.CC.CCN1CCN(CCOC(c2ccccc2)c2ccccc2)CC1.[Ar].c1ccc2ccccc2c1. The van der Waals surface area contributed by atoms with Crippen molar-refractivity contribution in [3.05, 3.63) is 120 Å². The summed E-state index contributed by atoms with van der Waals surface area (Å²) in [4.78, 5) is 5.02. The summed E-state index contributed by atoms with van der Waals surface area (Å²) < 4.78 is 6.31. The van der Waals surface area contributed by atoms with Crippen molar-refractivity contribution in [1.29, 1.82) is 0 Å². The van der Waals surface area contributed by atoms with E-state index in [4.69, 9.17) is 4.74 Å². The molecular weight excluding hydrogens is 528 g/mol.